The van der Waals surface area contributed by atoms with Gasteiger partial charge in [-0.3, -0.25) is 4.79 Å². The Labute approximate surface area is 151 Å². The first-order chi connectivity index (χ1) is 11.6. The van der Waals surface area contributed by atoms with Crippen molar-refractivity contribution in [1.82, 2.24) is 9.88 Å². The van der Waals surface area contributed by atoms with E-state index in [4.69, 9.17) is 16.3 Å². The molecule has 0 radical (unpaired) electrons. The second-order valence-electron chi connectivity index (χ2n) is 6.85. The Morgan fingerprint density at radius 3 is 2.52 bits per heavy atom. The molecule has 2 rings (SSSR count). The number of nitrogens with one attached hydrogen (secondary N) is 1. The van der Waals surface area contributed by atoms with Gasteiger partial charge in [0, 0.05) is 31.0 Å². The molecule has 0 aliphatic heterocycles. The van der Waals surface area contributed by atoms with E-state index in [1.807, 2.05) is 45.0 Å². The molecule has 0 saturated carbocycles. The molecular weight excluding hydrogens is 344 g/mol. The van der Waals surface area contributed by atoms with Crippen LogP contribution in [0.25, 0.3) is 10.9 Å². The molecule has 0 aliphatic carbocycles. The maximum absolute atomic E-state index is 12.6. The molecule has 0 bridgehead atoms. The lowest BCUT2D eigenvalue weighted by Crippen LogP contribution is -2.42. The summed E-state index contributed by atoms with van der Waals surface area (Å²) in [6.07, 6.45) is 0.167. The largest absolute Gasteiger partial charge is 0.480 e. The van der Waals surface area contributed by atoms with Crippen LogP contribution in [0, 0.1) is 0 Å². The number of hydrogen-bond acceptors (Lipinski definition) is 3. The predicted molar refractivity (Wildman–Crippen MR) is 97.1 cm³/mol. The van der Waals surface area contributed by atoms with Gasteiger partial charge in [-0.15, -0.1) is 0 Å². The highest BCUT2D eigenvalue weighted by molar-refractivity contribution is 6.38. The number of hydrogen-bond donors (Lipinski definition) is 2. The van der Waals surface area contributed by atoms with Crippen LogP contribution in [-0.4, -0.2) is 39.8 Å². The summed E-state index contributed by atoms with van der Waals surface area (Å²) in [5.74, 6) is -1.63. The molecule has 1 aromatic carbocycles. The number of carboxylic acid groups (broad SMARTS) is 1. The van der Waals surface area contributed by atoms with Gasteiger partial charge in [0.2, 0.25) is 0 Å². The van der Waals surface area contributed by atoms with Crippen LogP contribution in [0.3, 0.4) is 0 Å². The Morgan fingerprint density at radius 1 is 1.32 bits per heavy atom. The maximum Gasteiger partial charge on any atom is 0.326 e. The molecule has 0 saturated heterocycles. The van der Waals surface area contributed by atoms with Crippen molar-refractivity contribution in [1.29, 1.82) is 0 Å². The van der Waals surface area contributed by atoms with E-state index in [2.05, 4.69) is 5.32 Å². The van der Waals surface area contributed by atoms with E-state index in [0.29, 0.717) is 5.02 Å². The van der Waals surface area contributed by atoms with Gasteiger partial charge < -0.3 is 19.7 Å². The summed E-state index contributed by atoms with van der Waals surface area (Å²) in [4.78, 5) is 24.1. The number of amides is 1. The Morgan fingerprint density at radius 2 is 1.96 bits per heavy atom. The van der Waals surface area contributed by atoms with Crippen LogP contribution in [-0.2, 0) is 16.6 Å². The Hall–Kier alpha value is -2.05. The Kier molecular flexibility index (Phi) is 5.75. The Bertz CT molecular complexity index is 753. The van der Waals surface area contributed by atoms with Gasteiger partial charge in [0.1, 0.15) is 11.7 Å². The molecule has 6 nitrogen and oxygen atoms in total. The summed E-state index contributed by atoms with van der Waals surface area (Å²) >= 11 is 6.33. The van der Waals surface area contributed by atoms with Gasteiger partial charge in [-0.1, -0.05) is 29.8 Å². The number of ether oxygens (including phenoxy) is 1. The molecular formula is C18H23ClN2O4. The molecule has 1 atom stereocenters. The van der Waals surface area contributed by atoms with E-state index >= 15 is 0 Å². The van der Waals surface area contributed by atoms with Crippen LogP contribution < -0.4 is 5.32 Å². The fraction of sp³-hybridized carbons (Fsp3) is 0.444. The normalized spacial score (nSPS) is 13.0. The second-order valence-corrected chi connectivity index (χ2v) is 7.23. The summed E-state index contributed by atoms with van der Waals surface area (Å²) in [7, 11) is 1.72. The van der Waals surface area contributed by atoms with Gasteiger partial charge in [-0.25, -0.2) is 4.79 Å². The standard InChI is InChI=1S/C18H23ClN2O4/c1-18(2,3)25-10-9-12(17(23)24)20-16(22)15-14(19)11-7-5-6-8-13(11)21(15)4/h5-8,12H,9-10H2,1-4H3,(H,20,22)(H,23,24). The van der Waals surface area contributed by atoms with E-state index in [1.165, 1.54) is 0 Å². The zero-order chi connectivity index (χ0) is 18.8. The minimum atomic E-state index is -1.11. The van der Waals surface area contributed by atoms with Crippen LogP contribution in [0.4, 0.5) is 0 Å². The Balaban J connectivity index is 2.18. The quantitative estimate of drug-likeness (QED) is 0.822. The molecule has 0 fully saturated rings. The number of fused-ring (bicyclic) bond motifs is 1. The molecule has 136 valence electrons. The fourth-order valence-corrected chi connectivity index (χ4v) is 2.94. The number of carbonyl (C=O) groups excluding carboxylic acids is 1. The molecule has 7 heteroatoms. The van der Waals surface area contributed by atoms with Crippen molar-refractivity contribution in [2.24, 2.45) is 7.05 Å². The summed E-state index contributed by atoms with van der Waals surface area (Å²) in [6, 6.07) is 6.30. The number of aryl methyl sites for hydroxylation is 1. The summed E-state index contributed by atoms with van der Waals surface area (Å²) in [6.45, 7) is 5.88. The van der Waals surface area contributed by atoms with Gasteiger partial charge in [-0.05, 0) is 26.8 Å². The first kappa shape index (κ1) is 19.3. The SMILES string of the molecule is Cn1c(C(=O)NC(CCOC(C)(C)C)C(=O)O)c(Cl)c2ccccc21. The predicted octanol–water partition coefficient (Wildman–Crippen LogP) is 3.22. The van der Waals surface area contributed by atoms with Gasteiger partial charge in [0.05, 0.1) is 10.6 Å². The number of benzene rings is 1. The van der Waals surface area contributed by atoms with Crippen LogP contribution in [0.5, 0.6) is 0 Å². The third kappa shape index (κ3) is 4.52. The zero-order valence-electron chi connectivity index (χ0n) is 14.8. The molecule has 2 N–H and O–H groups in total. The molecule has 2 aromatic rings. The average molecular weight is 367 g/mol. The maximum atomic E-state index is 12.6. The van der Waals surface area contributed by atoms with Crippen LogP contribution in [0.2, 0.25) is 5.02 Å². The van der Waals surface area contributed by atoms with Crippen LogP contribution in [0.1, 0.15) is 37.7 Å². The number of carboxylic acids is 1. The van der Waals surface area contributed by atoms with Crippen molar-refractivity contribution in [2.45, 2.75) is 38.8 Å². The topological polar surface area (TPSA) is 80.6 Å². The molecule has 1 unspecified atom stereocenters. The summed E-state index contributed by atoms with van der Waals surface area (Å²) in [5, 5.41) is 13.0. The van der Waals surface area contributed by atoms with Gasteiger partial charge in [-0.2, -0.15) is 0 Å². The number of nitrogens with zero attached hydrogens (tertiary/aromatic N) is 1. The van der Waals surface area contributed by atoms with E-state index in [-0.39, 0.29) is 24.3 Å². The van der Waals surface area contributed by atoms with E-state index < -0.39 is 17.9 Å². The molecule has 0 spiro atoms. The molecule has 0 aliphatic rings. The lowest BCUT2D eigenvalue weighted by atomic mass is 10.1. The van der Waals surface area contributed by atoms with Crippen molar-refractivity contribution in [3.8, 4) is 0 Å². The smallest absolute Gasteiger partial charge is 0.326 e. The van der Waals surface area contributed by atoms with Gasteiger partial charge in [0.15, 0.2) is 0 Å². The first-order valence-corrected chi connectivity index (χ1v) is 8.40. The van der Waals surface area contributed by atoms with Crippen molar-refractivity contribution in [2.75, 3.05) is 6.61 Å². The van der Waals surface area contributed by atoms with Crippen molar-refractivity contribution < 1.29 is 19.4 Å². The van der Waals surface area contributed by atoms with Crippen molar-refractivity contribution in [3.63, 3.8) is 0 Å². The third-order valence-electron chi connectivity index (χ3n) is 3.81. The van der Waals surface area contributed by atoms with E-state index in [9.17, 15) is 14.7 Å². The van der Waals surface area contributed by atoms with Crippen LogP contribution in [0.15, 0.2) is 24.3 Å². The average Bonchev–Trinajstić information content (AvgIpc) is 2.77. The second kappa shape index (κ2) is 7.45. The number of carbonyl (C=O) groups is 2. The third-order valence-corrected chi connectivity index (χ3v) is 4.19. The number of aliphatic carboxylic acids is 1. The highest BCUT2D eigenvalue weighted by atomic mass is 35.5. The molecule has 1 amide bonds. The van der Waals surface area contributed by atoms with Crippen molar-refractivity contribution >= 4 is 34.4 Å². The van der Waals surface area contributed by atoms with Crippen molar-refractivity contribution in [3.05, 3.63) is 35.0 Å². The highest BCUT2D eigenvalue weighted by Gasteiger charge is 2.26. The minimum absolute atomic E-state index is 0.167. The number of aromatic nitrogens is 1. The minimum Gasteiger partial charge on any atom is -0.480 e. The fourth-order valence-electron chi connectivity index (χ4n) is 2.57. The summed E-state index contributed by atoms with van der Waals surface area (Å²) in [5.41, 5.74) is 0.679. The zero-order valence-corrected chi connectivity index (χ0v) is 15.6. The van der Waals surface area contributed by atoms with E-state index in [1.54, 1.807) is 11.6 Å². The van der Waals surface area contributed by atoms with Gasteiger partial charge >= 0.3 is 5.97 Å². The number of halogens is 1. The monoisotopic (exact) mass is 366 g/mol. The molecule has 1 heterocycles. The molecule has 1 aromatic heterocycles. The summed E-state index contributed by atoms with van der Waals surface area (Å²) < 4.78 is 7.21. The molecule has 25 heavy (non-hydrogen) atoms. The first-order valence-electron chi connectivity index (χ1n) is 8.02. The number of para-hydroxylation sites is 1. The van der Waals surface area contributed by atoms with E-state index in [0.717, 1.165) is 10.9 Å². The van der Waals surface area contributed by atoms with Gasteiger partial charge in [0.25, 0.3) is 5.91 Å². The highest BCUT2D eigenvalue weighted by Crippen LogP contribution is 2.29. The van der Waals surface area contributed by atoms with Crippen LogP contribution >= 0.6 is 11.6 Å². The number of rotatable bonds is 6. The lowest BCUT2D eigenvalue weighted by molar-refractivity contribution is -0.140. The lowest BCUT2D eigenvalue weighted by Gasteiger charge is -2.21.